The highest BCUT2D eigenvalue weighted by molar-refractivity contribution is 7.86. The lowest BCUT2D eigenvalue weighted by Gasteiger charge is -2.29. The Morgan fingerprint density at radius 1 is 1.31 bits per heavy atom. The second kappa shape index (κ2) is 6.43. The van der Waals surface area contributed by atoms with E-state index in [1.54, 1.807) is 6.26 Å². The van der Waals surface area contributed by atoms with E-state index in [1.165, 1.54) is 19.3 Å². The summed E-state index contributed by atoms with van der Waals surface area (Å²) in [6.07, 6.45) is 7.59. The van der Waals surface area contributed by atoms with E-state index in [9.17, 15) is 4.21 Å². The Morgan fingerprint density at radius 3 is 2.69 bits per heavy atom. The fraction of sp³-hybridized carbons (Fsp3) is 0.846. The van der Waals surface area contributed by atoms with Gasteiger partial charge in [-0.3, -0.25) is 4.21 Å². The third kappa shape index (κ3) is 4.28. The third-order valence-corrected chi connectivity index (χ3v) is 5.12. The molecule has 0 radical (unpaired) electrons. The van der Waals surface area contributed by atoms with E-state index in [0.29, 0.717) is 6.61 Å². The van der Waals surface area contributed by atoms with Gasteiger partial charge in [-0.05, 0) is 39.2 Å². The maximum atomic E-state index is 12.2. The number of rotatable bonds is 3. The van der Waals surface area contributed by atoms with Crippen LogP contribution in [0.2, 0.25) is 0 Å². The predicted molar refractivity (Wildman–Crippen MR) is 69.9 cm³/mol. The maximum absolute atomic E-state index is 12.2. The lowest BCUT2D eigenvalue weighted by molar-refractivity contribution is 0.206. The zero-order valence-electron chi connectivity index (χ0n) is 10.8. The normalized spacial score (nSPS) is 31.3. The first-order valence-corrected chi connectivity index (χ1v) is 7.50. The van der Waals surface area contributed by atoms with E-state index in [-0.39, 0.29) is 4.75 Å². The molecule has 1 fully saturated rings. The lowest BCUT2D eigenvalue weighted by Crippen LogP contribution is -2.37. The Kier molecular flexibility index (Phi) is 5.53. The Morgan fingerprint density at radius 2 is 2.00 bits per heavy atom. The molecule has 0 aromatic rings. The van der Waals surface area contributed by atoms with Crippen molar-refractivity contribution in [3.8, 4) is 0 Å². The highest BCUT2D eigenvalue weighted by Crippen LogP contribution is 2.26. The van der Waals surface area contributed by atoms with Crippen LogP contribution < -0.4 is 0 Å². The molecule has 2 unspecified atom stereocenters. The molecule has 1 aliphatic heterocycles. The molecule has 1 heterocycles. The summed E-state index contributed by atoms with van der Waals surface area (Å²) in [5.74, 6) is 0.842. The maximum Gasteiger partial charge on any atom is 0.104 e. The van der Waals surface area contributed by atoms with Gasteiger partial charge in [0.1, 0.15) is 6.61 Å². The van der Waals surface area contributed by atoms with Gasteiger partial charge in [0, 0.05) is 16.6 Å². The van der Waals surface area contributed by atoms with Crippen LogP contribution in [0.3, 0.4) is 0 Å². The number of ether oxygens (including phenoxy) is 1. The summed E-state index contributed by atoms with van der Waals surface area (Å²) in [5.41, 5.74) is 1.15. The molecule has 1 saturated heterocycles. The number of hydrogen-bond donors (Lipinski definition) is 0. The van der Waals surface area contributed by atoms with Crippen LogP contribution in [0.4, 0.5) is 0 Å². The molecule has 1 rings (SSSR count). The highest BCUT2D eigenvalue weighted by atomic mass is 32.2. The average molecular weight is 244 g/mol. The van der Waals surface area contributed by atoms with Crippen LogP contribution in [0.25, 0.3) is 0 Å². The van der Waals surface area contributed by atoms with Crippen molar-refractivity contribution in [1.82, 2.24) is 0 Å². The van der Waals surface area contributed by atoms with Gasteiger partial charge in [-0.15, -0.1) is 0 Å². The molecule has 1 aliphatic rings. The van der Waals surface area contributed by atoms with Crippen molar-refractivity contribution >= 4 is 10.8 Å². The Bertz CT molecular complexity index is 269. The summed E-state index contributed by atoms with van der Waals surface area (Å²) in [6.45, 7) is 6.72. The van der Waals surface area contributed by atoms with Crippen LogP contribution in [0.1, 0.15) is 52.9 Å². The Labute approximate surface area is 102 Å². The van der Waals surface area contributed by atoms with E-state index >= 15 is 0 Å². The lowest BCUT2D eigenvalue weighted by atomic mass is 10.0. The molecule has 2 nitrogen and oxygen atoms in total. The average Bonchev–Trinajstić information content (AvgIpc) is 2.20. The van der Waals surface area contributed by atoms with Gasteiger partial charge in [-0.2, -0.15) is 0 Å². The van der Waals surface area contributed by atoms with Gasteiger partial charge in [-0.25, -0.2) is 0 Å². The summed E-state index contributed by atoms with van der Waals surface area (Å²) in [6, 6.07) is 0. The van der Waals surface area contributed by atoms with Gasteiger partial charge in [0.2, 0.25) is 0 Å². The Balaban J connectivity index is 2.55. The van der Waals surface area contributed by atoms with Gasteiger partial charge in [0.25, 0.3) is 0 Å². The minimum absolute atomic E-state index is 0.146. The van der Waals surface area contributed by atoms with Crippen molar-refractivity contribution < 1.29 is 8.95 Å². The predicted octanol–water partition coefficient (Wildman–Crippen LogP) is 3.40. The van der Waals surface area contributed by atoms with Gasteiger partial charge >= 0.3 is 0 Å². The molecule has 16 heavy (non-hydrogen) atoms. The highest BCUT2D eigenvalue weighted by Gasteiger charge is 2.32. The smallest absolute Gasteiger partial charge is 0.104 e. The van der Waals surface area contributed by atoms with E-state index in [0.717, 1.165) is 24.2 Å². The molecule has 0 bridgehead atoms. The number of hydrogen-bond acceptors (Lipinski definition) is 2. The van der Waals surface area contributed by atoms with Crippen LogP contribution in [0.15, 0.2) is 11.8 Å². The standard InChI is InChI=1S/C13H24O2S/c1-12(2)10-15-11-13(3)8-6-4-5-7-9-16(13)14/h10H,4-9,11H2,1-3H3. The second-order valence-corrected chi connectivity index (χ2v) is 7.25. The first-order chi connectivity index (χ1) is 7.54. The third-order valence-electron chi connectivity index (χ3n) is 3.04. The first-order valence-electron chi connectivity index (χ1n) is 6.18. The molecule has 94 valence electrons. The summed E-state index contributed by atoms with van der Waals surface area (Å²) < 4.78 is 17.6. The van der Waals surface area contributed by atoms with Crippen LogP contribution >= 0.6 is 0 Å². The molecule has 0 N–H and O–H groups in total. The molecular formula is C13H24O2S. The van der Waals surface area contributed by atoms with Crippen LogP contribution in [-0.4, -0.2) is 21.3 Å². The van der Waals surface area contributed by atoms with Gasteiger partial charge in [-0.1, -0.05) is 19.3 Å². The molecule has 0 aliphatic carbocycles. The molecule has 0 aromatic carbocycles. The molecule has 0 saturated carbocycles. The molecule has 3 heteroatoms. The minimum Gasteiger partial charge on any atom is -0.500 e. The van der Waals surface area contributed by atoms with Gasteiger partial charge < -0.3 is 4.74 Å². The van der Waals surface area contributed by atoms with Crippen molar-refractivity contribution in [2.24, 2.45) is 0 Å². The monoisotopic (exact) mass is 244 g/mol. The van der Waals surface area contributed by atoms with Crippen LogP contribution in [0, 0.1) is 0 Å². The molecule has 0 amide bonds. The fourth-order valence-electron chi connectivity index (χ4n) is 1.97. The van der Waals surface area contributed by atoms with E-state index < -0.39 is 10.8 Å². The largest absolute Gasteiger partial charge is 0.500 e. The summed E-state index contributed by atoms with van der Waals surface area (Å²) >= 11 is 0. The van der Waals surface area contributed by atoms with E-state index in [1.807, 2.05) is 13.8 Å². The number of allylic oxidation sites excluding steroid dienone is 1. The first kappa shape index (κ1) is 13.8. The zero-order valence-corrected chi connectivity index (χ0v) is 11.6. The molecule has 0 aromatic heterocycles. The van der Waals surface area contributed by atoms with Crippen molar-refractivity contribution in [2.75, 3.05) is 12.4 Å². The SMILES string of the molecule is CC(C)=COCC1(C)CCCCCCS1=O. The van der Waals surface area contributed by atoms with Crippen molar-refractivity contribution in [1.29, 1.82) is 0 Å². The van der Waals surface area contributed by atoms with Crippen LogP contribution in [0.5, 0.6) is 0 Å². The molecule has 2 atom stereocenters. The van der Waals surface area contributed by atoms with Gasteiger partial charge in [0.15, 0.2) is 0 Å². The van der Waals surface area contributed by atoms with Crippen molar-refractivity contribution in [3.63, 3.8) is 0 Å². The summed E-state index contributed by atoms with van der Waals surface area (Å²) in [7, 11) is -0.741. The van der Waals surface area contributed by atoms with E-state index in [2.05, 4.69) is 6.92 Å². The van der Waals surface area contributed by atoms with Crippen LogP contribution in [-0.2, 0) is 15.5 Å². The topological polar surface area (TPSA) is 26.3 Å². The van der Waals surface area contributed by atoms with Crippen molar-refractivity contribution in [2.45, 2.75) is 57.6 Å². The zero-order chi connectivity index (χ0) is 12.0. The second-order valence-electron chi connectivity index (χ2n) is 5.17. The summed E-state index contributed by atoms with van der Waals surface area (Å²) in [5, 5.41) is 0. The van der Waals surface area contributed by atoms with E-state index in [4.69, 9.17) is 4.74 Å². The van der Waals surface area contributed by atoms with Crippen molar-refractivity contribution in [3.05, 3.63) is 11.8 Å². The molecular weight excluding hydrogens is 220 g/mol. The molecule has 0 spiro atoms. The Hall–Kier alpha value is -0.310. The quantitative estimate of drug-likeness (QED) is 0.711. The summed E-state index contributed by atoms with van der Waals surface area (Å²) in [4.78, 5) is 0. The fourth-order valence-corrected chi connectivity index (χ4v) is 3.50. The van der Waals surface area contributed by atoms with Gasteiger partial charge in [0.05, 0.1) is 11.0 Å². The minimum atomic E-state index is -0.741.